The Morgan fingerprint density at radius 1 is 1.45 bits per heavy atom. The molecule has 1 aromatic carbocycles. The van der Waals surface area contributed by atoms with Gasteiger partial charge in [-0.15, -0.1) is 0 Å². The maximum atomic E-state index is 12.9. The van der Waals surface area contributed by atoms with E-state index < -0.39 is 0 Å². The summed E-state index contributed by atoms with van der Waals surface area (Å²) >= 11 is 8.50. The predicted octanol–water partition coefficient (Wildman–Crippen LogP) is 2.43. The van der Waals surface area contributed by atoms with Crippen LogP contribution in [0.3, 0.4) is 0 Å². The zero-order chi connectivity index (χ0) is 8.27. The number of nitrogens with zero attached hydrogens (tertiary/aromatic N) is 1. The summed E-state index contributed by atoms with van der Waals surface area (Å²) < 4.78 is 14.1. The maximum Gasteiger partial charge on any atom is 0.147 e. The summed E-state index contributed by atoms with van der Waals surface area (Å²) in [6, 6.07) is 6.30. The van der Waals surface area contributed by atoms with Crippen molar-refractivity contribution >= 4 is 36.2 Å². The zero-order valence-electron chi connectivity index (χ0n) is 5.57. The van der Waals surface area contributed by atoms with Crippen molar-refractivity contribution in [3.05, 3.63) is 30.1 Å². The third kappa shape index (κ3) is 1.91. The van der Waals surface area contributed by atoms with Gasteiger partial charge in [0.25, 0.3) is 0 Å². The summed E-state index contributed by atoms with van der Waals surface area (Å²) in [6.07, 6.45) is 0. The average Bonchev–Trinajstić information content (AvgIpc) is 2.04. The molecule has 1 nitrogen and oxygen atoms in total. The number of halogens is 1. The molecule has 0 aliphatic heterocycles. The highest BCUT2D eigenvalue weighted by Crippen LogP contribution is 2.18. The Kier molecular flexibility index (Phi) is 2.84. The number of anilines is 1. The summed E-state index contributed by atoms with van der Waals surface area (Å²) in [5.41, 5.74) is 1.63. The van der Waals surface area contributed by atoms with Crippen molar-refractivity contribution in [1.29, 1.82) is 0 Å². The van der Waals surface area contributed by atoms with Crippen molar-refractivity contribution in [1.82, 2.24) is 0 Å². The molecule has 4 heteroatoms. The van der Waals surface area contributed by atoms with Crippen molar-refractivity contribution in [3.8, 4) is 0 Å². The number of rotatable bonds is 2. The predicted molar refractivity (Wildman–Crippen MR) is 51.5 cm³/mol. The van der Waals surface area contributed by atoms with Crippen LogP contribution in [0, 0.1) is 5.82 Å². The molecule has 0 bridgehead atoms. The average molecular weight is 187 g/mol. The van der Waals surface area contributed by atoms with Gasteiger partial charge in [-0.1, -0.05) is 37.2 Å². The van der Waals surface area contributed by atoms with Crippen LogP contribution in [0.2, 0.25) is 0 Å². The van der Waals surface area contributed by atoms with E-state index in [0.29, 0.717) is 5.69 Å². The highest BCUT2D eigenvalue weighted by Gasteiger charge is 2.02. The fourth-order valence-electron chi connectivity index (χ4n) is 0.694. The molecule has 1 aromatic rings. The molecule has 0 aromatic heterocycles. The summed E-state index contributed by atoms with van der Waals surface area (Å²) in [5, 5.41) is 0. The molecule has 0 amide bonds. The summed E-state index contributed by atoms with van der Waals surface area (Å²) in [4.78, 5) is 0. The van der Waals surface area contributed by atoms with Crippen LogP contribution >= 0.6 is 25.0 Å². The second-order valence-electron chi connectivity index (χ2n) is 1.90. The standard InChI is InChI=1S/C7H6FNS2/c8-6-3-1-2-4-7(6)9(11)5-10/h1-5,11H. The van der Waals surface area contributed by atoms with Crippen LogP contribution < -0.4 is 4.31 Å². The number of benzene rings is 1. The molecular weight excluding hydrogens is 181 g/mol. The van der Waals surface area contributed by atoms with Crippen molar-refractivity contribution in [2.75, 3.05) is 4.31 Å². The molecule has 0 aliphatic carbocycles. The molecule has 0 radical (unpaired) electrons. The SMILES string of the molecule is Fc1ccccc1N(S)C=S. The van der Waals surface area contributed by atoms with Crippen molar-refractivity contribution < 1.29 is 4.39 Å². The maximum absolute atomic E-state index is 12.9. The quantitative estimate of drug-likeness (QED) is 0.559. The van der Waals surface area contributed by atoms with E-state index in [2.05, 4.69) is 25.0 Å². The number of thiocarbonyl (C=S) groups is 1. The molecule has 0 heterocycles. The van der Waals surface area contributed by atoms with Gasteiger partial charge in [0, 0.05) is 0 Å². The van der Waals surface area contributed by atoms with Crippen LogP contribution in [0.5, 0.6) is 0 Å². The number of thiol groups is 1. The minimum Gasteiger partial charge on any atom is -0.281 e. The monoisotopic (exact) mass is 187 g/mol. The Bertz CT molecular complexity index is 264. The first-order valence-corrected chi connectivity index (χ1v) is 3.81. The molecule has 0 fully saturated rings. The minimum absolute atomic E-state index is 0.330. The first-order valence-electron chi connectivity index (χ1n) is 2.93. The molecule has 1 rings (SSSR count). The highest BCUT2D eigenvalue weighted by atomic mass is 32.1. The number of hydrogen-bond acceptors (Lipinski definition) is 2. The second kappa shape index (κ2) is 3.69. The van der Waals surface area contributed by atoms with Gasteiger partial charge in [-0.3, -0.25) is 4.31 Å². The topological polar surface area (TPSA) is 3.24 Å². The Morgan fingerprint density at radius 2 is 2.09 bits per heavy atom. The van der Waals surface area contributed by atoms with Gasteiger partial charge in [-0.05, 0) is 12.1 Å². The first kappa shape index (κ1) is 8.49. The van der Waals surface area contributed by atoms with Gasteiger partial charge in [0.05, 0.1) is 11.2 Å². The molecule has 0 unspecified atom stereocenters. The Balaban J connectivity index is 3.02. The number of para-hydroxylation sites is 1. The lowest BCUT2D eigenvalue weighted by Crippen LogP contribution is -2.06. The van der Waals surface area contributed by atoms with Crippen molar-refractivity contribution in [2.45, 2.75) is 0 Å². The molecule has 11 heavy (non-hydrogen) atoms. The summed E-state index contributed by atoms with van der Waals surface area (Å²) in [5.74, 6) is -0.330. The molecule has 0 aliphatic rings. The van der Waals surface area contributed by atoms with Gasteiger partial charge < -0.3 is 0 Å². The Labute approximate surface area is 75.4 Å². The van der Waals surface area contributed by atoms with Crippen LogP contribution in [0.25, 0.3) is 0 Å². The van der Waals surface area contributed by atoms with Gasteiger partial charge in [0.2, 0.25) is 0 Å². The fourth-order valence-corrected chi connectivity index (χ4v) is 0.970. The molecule has 58 valence electrons. The second-order valence-corrected chi connectivity index (χ2v) is 2.54. The van der Waals surface area contributed by atoms with Gasteiger partial charge in [0.1, 0.15) is 5.82 Å². The van der Waals surface area contributed by atoms with E-state index >= 15 is 0 Å². The molecule has 0 saturated carbocycles. The smallest absolute Gasteiger partial charge is 0.147 e. The normalized spacial score (nSPS) is 9.27. The van der Waals surface area contributed by atoms with Crippen molar-refractivity contribution in [3.63, 3.8) is 0 Å². The van der Waals surface area contributed by atoms with Crippen LogP contribution in [-0.4, -0.2) is 5.49 Å². The Hall–Kier alpha value is -0.610. The summed E-state index contributed by atoms with van der Waals surface area (Å²) in [7, 11) is 0. The van der Waals surface area contributed by atoms with Crippen LogP contribution in [0.4, 0.5) is 10.1 Å². The van der Waals surface area contributed by atoms with Gasteiger partial charge in [-0.2, -0.15) is 0 Å². The van der Waals surface area contributed by atoms with Gasteiger partial charge in [0.15, 0.2) is 0 Å². The Morgan fingerprint density at radius 3 is 2.64 bits per heavy atom. The number of hydrogen-bond donors (Lipinski definition) is 1. The van der Waals surface area contributed by atoms with Crippen LogP contribution in [0.1, 0.15) is 0 Å². The van der Waals surface area contributed by atoms with Gasteiger partial charge >= 0.3 is 0 Å². The van der Waals surface area contributed by atoms with Crippen molar-refractivity contribution in [2.24, 2.45) is 0 Å². The third-order valence-corrected chi connectivity index (χ3v) is 1.90. The lowest BCUT2D eigenvalue weighted by atomic mass is 10.3. The molecule has 0 saturated heterocycles. The van der Waals surface area contributed by atoms with E-state index in [-0.39, 0.29) is 5.82 Å². The van der Waals surface area contributed by atoms with Crippen LogP contribution in [0.15, 0.2) is 24.3 Å². The lowest BCUT2D eigenvalue weighted by Gasteiger charge is -2.10. The molecular formula is C7H6FNS2. The largest absolute Gasteiger partial charge is 0.281 e. The van der Waals surface area contributed by atoms with E-state index in [0.717, 1.165) is 0 Å². The fraction of sp³-hybridized carbons (Fsp3) is 0. The third-order valence-electron chi connectivity index (χ3n) is 1.20. The molecule has 0 spiro atoms. The van der Waals surface area contributed by atoms with Crippen LogP contribution in [-0.2, 0) is 0 Å². The van der Waals surface area contributed by atoms with E-state index in [1.807, 2.05) is 0 Å². The summed E-state index contributed by atoms with van der Waals surface area (Å²) in [6.45, 7) is 0. The van der Waals surface area contributed by atoms with Gasteiger partial charge in [-0.25, -0.2) is 4.39 Å². The van der Waals surface area contributed by atoms with E-state index in [1.54, 1.807) is 18.2 Å². The van der Waals surface area contributed by atoms with E-state index in [9.17, 15) is 4.39 Å². The molecule has 0 atom stereocenters. The van der Waals surface area contributed by atoms with E-state index in [1.165, 1.54) is 15.9 Å². The zero-order valence-corrected chi connectivity index (χ0v) is 7.28. The molecule has 0 N–H and O–H groups in total. The minimum atomic E-state index is -0.330. The highest BCUT2D eigenvalue weighted by molar-refractivity contribution is 7.86. The van der Waals surface area contributed by atoms with E-state index in [4.69, 9.17) is 0 Å². The lowest BCUT2D eigenvalue weighted by molar-refractivity contribution is 0.631. The first-order chi connectivity index (χ1) is 5.25.